The molecule has 1 aromatic carbocycles. The van der Waals surface area contributed by atoms with Gasteiger partial charge in [0.2, 0.25) is 11.8 Å². The van der Waals surface area contributed by atoms with Gasteiger partial charge in [0.15, 0.2) is 0 Å². The average molecular weight is 369 g/mol. The van der Waals surface area contributed by atoms with Crippen molar-refractivity contribution in [1.29, 1.82) is 0 Å². The Hall–Kier alpha value is -1.24. The summed E-state index contributed by atoms with van der Waals surface area (Å²) in [4.78, 5) is 30.3. The molecule has 0 bridgehead atoms. The molecule has 0 aliphatic carbocycles. The first-order valence-electron chi connectivity index (χ1n) is 8.26. The van der Waals surface area contributed by atoms with Gasteiger partial charge in [0.05, 0.1) is 39.0 Å². The van der Waals surface area contributed by atoms with E-state index in [9.17, 15) is 9.59 Å². The zero-order valence-electron chi connectivity index (χ0n) is 14.0. The highest BCUT2D eigenvalue weighted by Gasteiger charge is 2.41. The number of likely N-dealkylation sites (N-methyl/N-ethyl adjacent to an activating group) is 1. The molecule has 130 valence electrons. The molecule has 0 aromatic heterocycles. The maximum Gasteiger partial charge on any atom is 0.245 e. The first-order valence-corrected chi connectivity index (χ1v) is 9.69. The van der Waals surface area contributed by atoms with E-state index in [2.05, 4.69) is 7.05 Å². The van der Waals surface area contributed by atoms with Crippen molar-refractivity contribution in [2.24, 2.45) is 0 Å². The van der Waals surface area contributed by atoms with Gasteiger partial charge in [-0.2, -0.15) is 0 Å². The molecular formula is C17H23ClN3O2S+. The van der Waals surface area contributed by atoms with E-state index in [1.54, 1.807) is 4.90 Å². The molecule has 2 atom stereocenters. The van der Waals surface area contributed by atoms with Crippen molar-refractivity contribution in [3.63, 3.8) is 0 Å². The molecule has 24 heavy (non-hydrogen) atoms. The molecule has 0 unspecified atom stereocenters. The van der Waals surface area contributed by atoms with Crippen molar-refractivity contribution in [1.82, 2.24) is 9.80 Å². The summed E-state index contributed by atoms with van der Waals surface area (Å²) in [6.07, 6.45) is 0. The number of thioether (sulfide) groups is 1. The van der Waals surface area contributed by atoms with Crippen LogP contribution in [0.25, 0.3) is 0 Å². The monoisotopic (exact) mass is 368 g/mol. The van der Waals surface area contributed by atoms with Crippen molar-refractivity contribution in [2.45, 2.75) is 18.3 Å². The molecule has 2 aliphatic heterocycles. The molecule has 7 heteroatoms. The second-order valence-electron chi connectivity index (χ2n) is 6.44. The lowest BCUT2D eigenvalue weighted by molar-refractivity contribution is -0.883. The number of carbonyl (C=O) groups excluding carboxylic acids is 2. The van der Waals surface area contributed by atoms with E-state index >= 15 is 0 Å². The molecular weight excluding hydrogens is 346 g/mol. The van der Waals surface area contributed by atoms with Gasteiger partial charge in [-0.3, -0.25) is 9.59 Å². The van der Waals surface area contributed by atoms with Crippen molar-refractivity contribution >= 4 is 35.2 Å². The number of nitrogens with zero attached hydrogens (tertiary/aromatic N) is 2. The van der Waals surface area contributed by atoms with Crippen molar-refractivity contribution < 1.29 is 14.5 Å². The zero-order chi connectivity index (χ0) is 17.3. The number of benzene rings is 1. The van der Waals surface area contributed by atoms with E-state index in [1.165, 1.54) is 16.7 Å². The van der Waals surface area contributed by atoms with Crippen molar-refractivity contribution in [3.8, 4) is 0 Å². The van der Waals surface area contributed by atoms with Crippen LogP contribution in [0.15, 0.2) is 24.3 Å². The lowest BCUT2D eigenvalue weighted by atomic mass is 10.1. The van der Waals surface area contributed by atoms with Crippen LogP contribution in [0.4, 0.5) is 0 Å². The Morgan fingerprint density at radius 3 is 2.67 bits per heavy atom. The van der Waals surface area contributed by atoms with Crippen molar-refractivity contribution in [3.05, 3.63) is 34.9 Å². The fourth-order valence-electron chi connectivity index (χ4n) is 3.26. The van der Waals surface area contributed by atoms with Crippen LogP contribution in [0.5, 0.6) is 0 Å². The molecule has 5 nitrogen and oxygen atoms in total. The lowest BCUT2D eigenvalue weighted by Crippen LogP contribution is -3.12. The minimum absolute atomic E-state index is 0.00511. The number of halogens is 1. The fourth-order valence-corrected chi connectivity index (χ4v) is 4.86. The third-order valence-corrected chi connectivity index (χ3v) is 6.33. The molecule has 0 saturated carbocycles. The van der Waals surface area contributed by atoms with Gasteiger partial charge in [-0.05, 0) is 13.0 Å². The summed E-state index contributed by atoms with van der Waals surface area (Å²) in [5.41, 5.74) is 0.900. The van der Waals surface area contributed by atoms with Crippen LogP contribution in [-0.4, -0.2) is 66.6 Å². The van der Waals surface area contributed by atoms with Crippen LogP contribution in [0.2, 0.25) is 5.02 Å². The Kier molecular flexibility index (Phi) is 5.37. The minimum atomic E-state index is -0.466. The summed E-state index contributed by atoms with van der Waals surface area (Å²) >= 11 is 7.85. The van der Waals surface area contributed by atoms with Crippen molar-refractivity contribution in [2.75, 3.05) is 39.0 Å². The number of carbonyl (C=O) groups is 2. The van der Waals surface area contributed by atoms with Crippen LogP contribution < -0.4 is 4.90 Å². The molecule has 2 saturated heterocycles. The van der Waals surface area contributed by atoms with Gasteiger partial charge in [-0.25, -0.2) is 0 Å². The third-order valence-electron chi connectivity index (χ3n) is 4.78. The van der Waals surface area contributed by atoms with Crippen LogP contribution in [0.1, 0.15) is 17.9 Å². The number of quaternary nitrogens is 1. The van der Waals surface area contributed by atoms with E-state index < -0.39 is 6.04 Å². The van der Waals surface area contributed by atoms with Gasteiger partial charge in [0, 0.05) is 10.6 Å². The Morgan fingerprint density at radius 1 is 1.33 bits per heavy atom. The minimum Gasteiger partial charge on any atom is -0.334 e. The Balaban J connectivity index is 1.79. The zero-order valence-corrected chi connectivity index (χ0v) is 15.6. The van der Waals surface area contributed by atoms with Gasteiger partial charge in [-0.15, -0.1) is 11.8 Å². The van der Waals surface area contributed by atoms with Crippen LogP contribution in [0.3, 0.4) is 0 Å². The summed E-state index contributed by atoms with van der Waals surface area (Å²) < 4.78 is 0. The molecule has 3 rings (SSSR count). The maximum atomic E-state index is 12.9. The van der Waals surface area contributed by atoms with Gasteiger partial charge < -0.3 is 14.7 Å². The number of hydrogen-bond acceptors (Lipinski definition) is 3. The largest absolute Gasteiger partial charge is 0.334 e. The number of hydrogen-bond donors (Lipinski definition) is 1. The summed E-state index contributed by atoms with van der Waals surface area (Å²) in [5, 5.41) is 0.445. The Morgan fingerprint density at radius 2 is 2.00 bits per heavy atom. The molecule has 0 spiro atoms. The van der Waals surface area contributed by atoms with Gasteiger partial charge >= 0.3 is 0 Å². The van der Waals surface area contributed by atoms with Crippen LogP contribution in [-0.2, 0) is 9.59 Å². The van der Waals surface area contributed by atoms with Gasteiger partial charge in [0.1, 0.15) is 11.4 Å². The standard InChI is InChI=1S/C17H22ClN3O2S/c1-12(16(23)20-9-7-19(2)8-10-20)21-15(22)11-24-17(21)13-5-3-4-6-14(13)18/h3-6,12,17H,7-11H2,1-2H3/p+1/t12-,17-/m0/s1. The summed E-state index contributed by atoms with van der Waals surface area (Å²) in [6, 6.07) is 7.08. The summed E-state index contributed by atoms with van der Waals surface area (Å²) in [6.45, 7) is 5.24. The van der Waals surface area contributed by atoms with Gasteiger partial charge in [0.25, 0.3) is 0 Å². The Bertz CT molecular complexity index is 634. The SMILES string of the molecule is C[C@@H](C(=O)N1CC[NH+](C)CC1)N1C(=O)CS[C@H]1c1ccccc1Cl. The highest BCUT2D eigenvalue weighted by atomic mass is 35.5. The smallest absolute Gasteiger partial charge is 0.245 e. The summed E-state index contributed by atoms with van der Waals surface area (Å²) in [5.74, 6) is 0.432. The molecule has 1 N–H and O–H groups in total. The van der Waals surface area contributed by atoms with E-state index in [-0.39, 0.29) is 17.2 Å². The predicted molar refractivity (Wildman–Crippen MR) is 96.2 cm³/mol. The van der Waals surface area contributed by atoms with Gasteiger partial charge in [-0.1, -0.05) is 29.8 Å². The van der Waals surface area contributed by atoms with E-state index in [0.717, 1.165) is 31.7 Å². The molecule has 1 aromatic rings. The quantitative estimate of drug-likeness (QED) is 0.852. The molecule has 0 radical (unpaired) electrons. The van der Waals surface area contributed by atoms with E-state index in [0.29, 0.717) is 10.8 Å². The first kappa shape index (κ1) is 17.6. The predicted octanol–water partition coefficient (Wildman–Crippen LogP) is 0.659. The second kappa shape index (κ2) is 7.33. The fraction of sp³-hybridized carbons (Fsp3) is 0.529. The first-order chi connectivity index (χ1) is 11.5. The topological polar surface area (TPSA) is 45.1 Å². The number of nitrogens with one attached hydrogen (secondary N) is 1. The molecule has 2 amide bonds. The van der Waals surface area contributed by atoms with Crippen LogP contribution in [0, 0.1) is 0 Å². The molecule has 2 heterocycles. The highest BCUT2D eigenvalue weighted by molar-refractivity contribution is 8.00. The third kappa shape index (κ3) is 3.41. The number of piperazine rings is 1. The number of amides is 2. The average Bonchev–Trinajstić information content (AvgIpc) is 2.96. The maximum absolute atomic E-state index is 12.9. The normalized spacial score (nSPS) is 23.6. The Labute approximate surface area is 151 Å². The lowest BCUT2D eigenvalue weighted by Gasteiger charge is -2.36. The second-order valence-corrected chi connectivity index (χ2v) is 7.92. The van der Waals surface area contributed by atoms with Crippen LogP contribution >= 0.6 is 23.4 Å². The number of rotatable bonds is 3. The summed E-state index contributed by atoms with van der Waals surface area (Å²) in [7, 11) is 2.14. The van der Waals surface area contributed by atoms with E-state index in [4.69, 9.17) is 11.6 Å². The molecule has 2 fully saturated rings. The van der Waals surface area contributed by atoms with E-state index in [1.807, 2.05) is 36.1 Å². The highest BCUT2D eigenvalue weighted by Crippen LogP contribution is 2.42. The molecule has 2 aliphatic rings.